The maximum absolute atomic E-state index is 15.1. The molecule has 0 amide bonds. The molecule has 35 heavy (non-hydrogen) atoms. The van der Waals surface area contributed by atoms with Gasteiger partial charge < -0.3 is 15.1 Å². The lowest BCUT2D eigenvalue weighted by atomic mass is 9.93. The van der Waals surface area contributed by atoms with Crippen LogP contribution in [-0.4, -0.2) is 40.9 Å². The molecule has 1 aromatic heterocycles. The van der Waals surface area contributed by atoms with E-state index >= 15 is 4.39 Å². The van der Waals surface area contributed by atoms with Crippen molar-refractivity contribution in [1.29, 1.82) is 0 Å². The molecular weight excluding hydrogens is 463 g/mol. The van der Waals surface area contributed by atoms with E-state index in [-0.39, 0.29) is 22.5 Å². The molecule has 2 aromatic carbocycles. The molecule has 0 bridgehead atoms. The van der Waals surface area contributed by atoms with Crippen LogP contribution in [0.15, 0.2) is 48.3 Å². The minimum Gasteiger partial charge on any atom is -0.368 e. The molecule has 2 saturated heterocycles. The predicted octanol–water partition coefficient (Wildman–Crippen LogP) is 6.24. The lowest BCUT2D eigenvalue weighted by Gasteiger charge is -2.42. The van der Waals surface area contributed by atoms with Crippen LogP contribution in [0.3, 0.4) is 0 Å². The van der Waals surface area contributed by atoms with Gasteiger partial charge in [0.05, 0.1) is 21.4 Å². The number of likely N-dealkylation sites (tertiary alicyclic amines) is 2. The quantitative estimate of drug-likeness (QED) is 0.345. The lowest BCUT2D eigenvalue weighted by Crippen LogP contribution is -2.44. The van der Waals surface area contributed by atoms with Crippen molar-refractivity contribution in [1.82, 2.24) is 15.1 Å². The molecule has 2 fully saturated rings. The zero-order valence-electron chi connectivity index (χ0n) is 19.6. The third kappa shape index (κ3) is 3.93. The maximum atomic E-state index is 15.1. The average molecular weight is 493 g/mol. The minimum atomic E-state index is -0.349. The summed E-state index contributed by atoms with van der Waals surface area (Å²) in [7, 11) is 0. The van der Waals surface area contributed by atoms with E-state index in [1.165, 1.54) is 42.0 Å². The summed E-state index contributed by atoms with van der Waals surface area (Å²) in [5.41, 5.74) is 3.19. The Morgan fingerprint density at radius 3 is 2.34 bits per heavy atom. The summed E-state index contributed by atoms with van der Waals surface area (Å²) < 4.78 is 15.7. The van der Waals surface area contributed by atoms with E-state index < -0.39 is 0 Å². The monoisotopic (exact) mass is 492 g/mol. The molecule has 1 N–H and O–H groups in total. The highest BCUT2D eigenvalue weighted by molar-refractivity contribution is 7.19. The van der Waals surface area contributed by atoms with E-state index in [9.17, 15) is 10.1 Å². The van der Waals surface area contributed by atoms with Crippen LogP contribution in [0.25, 0.3) is 15.8 Å². The van der Waals surface area contributed by atoms with Gasteiger partial charge in [-0.2, -0.15) is 0 Å². The van der Waals surface area contributed by atoms with Crippen molar-refractivity contribution < 1.29 is 9.31 Å². The van der Waals surface area contributed by atoms with Crippen molar-refractivity contribution >= 4 is 32.8 Å². The van der Waals surface area contributed by atoms with Crippen molar-refractivity contribution in [3.05, 3.63) is 80.2 Å². The number of fused-ring (bicyclic) bond motifs is 3. The second-order valence-corrected chi connectivity index (χ2v) is 10.7. The van der Waals surface area contributed by atoms with Crippen LogP contribution in [0.5, 0.6) is 0 Å². The van der Waals surface area contributed by atoms with E-state index in [0.717, 1.165) is 79.1 Å². The summed E-state index contributed by atoms with van der Waals surface area (Å²) in [6.07, 6.45) is 7.05. The van der Waals surface area contributed by atoms with E-state index in [2.05, 4.69) is 15.1 Å². The van der Waals surface area contributed by atoms with Gasteiger partial charge in [0.25, 0.3) is 5.69 Å². The number of halogens is 1. The smallest absolute Gasteiger partial charge is 0.269 e. The Labute approximate surface area is 208 Å². The number of hydrogen-bond donors (Lipinski definition) is 1. The summed E-state index contributed by atoms with van der Waals surface area (Å²) in [6.45, 7) is 3.93. The molecule has 0 spiro atoms. The van der Waals surface area contributed by atoms with Gasteiger partial charge in [-0.3, -0.25) is 10.1 Å². The van der Waals surface area contributed by atoms with Gasteiger partial charge in [-0.15, -0.1) is 11.3 Å². The van der Waals surface area contributed by atoms with E-state index in [0.29, 0.717) is 4.70 Å². The summed E-state index contributed by atoms with van der Waals surface area (Å²) in [4.78, 5) is 17.2. The number of nitrogens with one attached hydrogen (secondary N) is 1. The summed E-state index contributed by atoms with van der Waals surface area (Å²) in [6, 6.07) is 11.9. The molecule has 6 rings (SSSR count). The Bertz CT molecular complexity index is 1310. The number of nitrogens with zero attached hydrogens (tertiary/aromatic N) is 3. The van der Waals surface area contributed by atoms with Crippen LogP contribution in [0.4, 0.5) is 10.1 Å². The molecule has 4 heterocycles. The molecule has 182 valence electrons. The maximum Gasteiger partial charge on any atom is 0.269 e. The highest BCUT2D eigenvalue weighted by atomic mass is 32.1. The molecule has 1 atom stereocenters. The van der Waals surface area contributed by atoms with Crippen LogP contribution in [-0.2, 0) is 0 Å². The third-order valence-electron chi connectivity index (χ3n) is 7.46. The van der Waals surface area contributed by atoms with E-state index in [1.54, 1.807) is 18.2 Å². The Hall–Kier alpha value is -3.13. The number of hydrogen-bond acceptors (Lipinski definition) is 6. The molecule has 1 unspecified atom stereocenters. The number of nitro benzene ring substituents is 1. The van der Waals surface area contributed by atoms with Crippen LogP contribution < -0.4 is 5.32 Å². The second-order valence-electron chi connectivity index (χ2n) is 9.68. The second kappa shape index (κ2) is 9.15. The fraction of sp³-hybridized carbons (Fsp3) is 0.407. The van der Waals surface area contributed by atoms with Crippen molar-refractivity contribution in [3.63, 3.8) is 0 Å². The normalized spacial score (nSPS) is 20.7. The van der Waals surface area contributed by atoms with Gasteiger partial charge in [0.2, 0.25) is 0 Å². The molecular formula is C27H29FN4O2S. The van der Waals surface area contributed by atoms with Gasteiger partial charge in [0, 0.05) is 54.1 Å². The number of benzene rings is 2. The SMILES string of the molecule is O=[N+]([O-])c1cccc(C2NC(N3CCCCC3)=C(N3CCCCC3)c3c2sc2c(F)cccc32)c1. The molecule has 3 aliphatic rings. The molecule has 0 radical (unpaired) electrons. The zero-order valence-corrected chi connectivity index (χ0v) is 20.5. The molecule has 3 aliphatic heterocycles. The minimum absolute atomic E-state index is 0.0727. The Balaban J connectivity index is 1.60. The van der Waals surface area contributed by atoms with E-state index in [1.807, 2.05) is 12.1 Å². The highest BCUT2D eigenvalue weighted by Crippen LogP contribution is 2.48. The fourth-order valence-corrected chi connectivity index (χ4v) is 7.06. The Morgan fingerprint density at radius 1 is 0.943 bits per heavy atom. The van der Waals surface area contributed by atoms with Crippen LogP contribution in [0, 0.1) is 15.9 Å². The predicted molar refractivity (Wildman–Crippen MR) is 138 cm³/mol. The summed E-state index contributed by atoms with van der Waals surface area (Å²) >= 11 is 1.47. The van der Waals surface area contributed by atoms with Crippen molar-refractivity contribution in [3.8, 4) is 0 Å². The first-order valence-corrected chi connectivity index (χ1v) is 13.4. The van der Waals surface area contributed by atoms with Crippen LogP contribution in [0.1, 0.15) is 60.6 Å². The molecule has 8 heteroatoms. The highest BCUT2D eigenvalue weighted by Gasteiger charge is 2.37. The first-order valence-electron chi connectivity index (χ1n) is 12.6. The van der Waals surface area contributed by atoms with Gasteiger partial charge in [0.15, 0.2) is 0 Å². The number of thiophene rings is 1. The van der Waals surface area contributed by atoms with Gasteiger partial charge in [-0.25, -0.2) is 4.39 Å². The van der Waals surface area contributed by atoms with E-state index in [4.69, 9.17) is 0 Å². The number of nitro groups is 1. The standard InChI is InChI=1S/C27H29FN4O2S/c28-21-12-8-11-20-22-24(30-13-3-1-4-14-30)27(31-15-5-2-6-16-31)29-23(26(22)35-25(20)21)18-9-7-10-19(17-18)32(33)34/h7-12,17,23,29H,1-6,13-16H2. The van der Waals surface area contributed by atoms with Crippen LogP contribution in [0.2, 0.25) is 0 Å². The Morgan fingerprint density at radius 2 is 1.63 bits per heavy atom. The number of rotatable bonds is 4. The van der Waals surface area contributed by atoms with Crippen molar-refractivity contribution in [2.24, 2.45) is 0 Å². The Kier molecular flexibility index (Phi) is 5.84. The number of piperidine rings is 2. The first kappa shape index (κ1) is 22.3. The molecule has 0 saturated carbocycles. The molecule has 3 aromatic rings. The third-order valence-corrected chi connectivity index (χ3v) is 8.74. The molecule has 0 aliphatic carbocycles. The average Bonchev–Trinajstić information content (AvgIpc) is 3.30. The summed E-state index contributed by atoms with van der Waals surface area (Å²) in [5.74, 6) is 0.886. The fourth-order valence-electron chi connectivity index (χ4n) is 5.78. The molecule has 6 nitrogen and oxygen atoms in total. The number of non-ortho nitro benzene ring substituents is 1. The van der Waals surface area contributed by atoms with Crippen molar-refractivity contribution in [2.45, 2.75) is 44.6 Å². The van der Waals surface area contributed by atoms with Gasteiger partial charge >= 0.3 is 0 Å². The first-order chi connectivity index (χ1) is 17.1. The van der Waals surface area contributed by atoms with Gasteiger partial charge in [-0.05, 0) is 50.2 Å². The van der Waals surface area contributed by atoms with Gasteiger partial charge in [0.1, 0.15) is 11.6 Å². The largest absolute Gasteiger partial charge is 0.368 e. The summed E-state index contributed by atoms with van der Waals surface area (Å²) in [5, 5.41) is 16.3. The van der Waals surface area contributed by atoms with Crippen LogP contribution >= 0.6 is 11.3 Å². The zero-order chi connectivity index (χ0) is 23.9. The topological polar surface area (TPSA) is 61.7 Å². The lowest BCUT2D eigenvalue weighted by molar-refractivity contribution is -0.384. The van der Waals surface area contributed by atoms with Gasteiger partial charge in [-0.1, -0.05) is 24.3 Å². The van der Waals surface area contributed by atoms with Crippen molar-refractivity contribution in [2.75, 3.05) is 26.2 Å².